The summed E-state index contributed by atoms with van der Waals surface area (Å²) in [7, 11) is 0. The minimum atomic E-state index is -1.20. The second kappa shape index (κ2) is 6.87. The number of nitrogens with one attached hydrogen (secondary N) is 1. The van der Waals surface area contributed by atoms with Gasteiger partial charge in [0.15, 0.2) is 5.78 Å². The largest absolute Gasteiger partial charge is 0.481 e. The molecule has 0 fully saturated rings. The third-order valence-electron chi connectivity index (χ3n) is 2.85. The normalized spacial score (nSPS) is 10.0. The quantitative estimate of drug-likeness (QED) is 0.656. The molecule has 0 aromatic heterocycles. The van der Waals surface area contributed by atoms with E-state index in [1.54, 1.807) is 48.5 Å². The summed E-state index contributed by atoms with van der Waals surface area (Å²) in [4.78, 5) is 34.0. The number of hydrogen-bond donors (Lipinski definition) is 2. The average molecular weight is 318 g/mol. The molecule has 0 saturated heterocycles. The molecule has 112 valence electrons. The Labute approximate surface area is 131 Å². The van der Waals surface area contributed by atoms with Crippen LogP contribution in [0.25, 0.3) is 0 Å². The van der Waals surface area contributed by atoms with E-state index in [1.165, 1.54) is 0 Å². The van der Waals surface area contributed by atoms with Crippen LogP contribution in [0.5, 0.6) is 0 Å². The Bertz CT molecular complexity index is 708. The van der Waals surface area contributed by atoms with Crippen molar-refractivity contribution in [2.24, 2.45) is 0 Å². The Hall–Kier alpha value is -2.66. The maximum atomic E-state index is 12.2. The molecule has 1 amide bonds. The molecule has 0 unspecified atom stereocenters. The summed E-state index contributed by atoms with van der Waals surface area (Å²) < 4.78 is 0. The molecule has 22 heavy (non-hydrogen) atoms. The molecule has 0 radical (unpaired) electrons. The number of rotatable bonds is 5. The third kappa shape index (κ3) is 4.17. The Kier molecular flexibility index (Phi) is 4.91. The highest BCUT2D eigenvalue weighted by molar-refractivity contribution is 6.30. The summed E-state index contributed by atoms with van der Waals surface area (Å²) in [5.41, 5.74) is 1.39. The minimum Gasteiger partial charge on any atom is -0.481 e. The van der Waals surface area contributed by atoms with Gasteiger partial charge in [0.25, 0.3) is 0 Å². The zero-order chi connectivity index (χ0) is 16.1. The number of hydrogen-bond acceptors (Lipinski definition) is 3. The molecular weight excluding hydrogens is 306 g/mol. The lowest BCUT2D eigenvalue weighted by Crippen LogP contribution is -2.15. The van der Waals surface area contributed by atoms with Gasteiger partial charge in [-0.2, -0.15) is 0 Å². The molecule has 2 rings (SSSR count). The van der Waals surface area contributed by atoms with Gasteiger partial charge in [-0.1, -0.05) is 11.6 Å². The van der Waals surface area contributed by atoms with Crippen molar-refractivity contribution < 1.29 is 19.5 Å². The molecule has 0 atom stereocenters. The van der Waals surface area contributed by atoms with Gasteiger partial charge >= 0.3 is 5.97 Å². The predicted octanol–water partition coefficient (Wildman–Crippen LogP) is 2.98. The fraction of sp³-hybridized carbons (Fsp3) is 0.0625. The summed E-state index contributed by atoms with van der Waals surface area (Å²) in [6.07, 6.45) is -0.606. The van der Waals surface area contributed by atoms with E-state index < -0.39 is 18.3 Å². The summed E-state index contributed by atoms with van der Waals surface area (Å²) >= 11 is 5.77. The minimum absolute atomic E-state index is 0.167. The van der Waals surface area contributed by atoms with Crippen LogP contribution in [0.3, 0.4) is 0 Å². The topological polar surface area (TPSA) is 83.5 Å². The van der Waals surface area contributed by atoms with Crippen LogP contribution in [0.15, 0.2) is 48.5 Å². The van der Waals surface area contributed by atoms with E-state index in [9.17, 15) is 14.4 Å². The highest BCUT2D eigenvalue weighted by atomic mass is 35.5. The highest BCUT2D eigenvalue weighted by Gasteiger charge is 2.10. The third-order valence-corrected chi connectivity index (χ3v) is 3.10. The molecule has 0 heterocycles. The summed E-state index contributed by atoms with van der Waals surface area (Å²) in [5.74, 6) is -1.99. The van der Waals surface area contributed by atoms with Crippen LogP contribution in [0.2, 0.25) is 5.02 Å². The first-order chi connectivity index (χ1) is 10.5. The summed E-state index contributed by atoms with van der Waals surface area (Å²) in [6.45, 7) is 0. The fourth-order valence-electron chi connectivity index (χ4n) is 1.82. The van der Waals surface area contributed by atoms with E-state index in [0.29, 0.717) is 21.8 Å². The van der Waals surface area contributed by atoms with Gasteiger partial charge in [-0.25, -0.2) is 0 Å². The number of carbonyl (C=O) groups excluding carboxylic acids is 2. The van der Waals surface area contributed by atoms with Crippen molar-refractivity contribution in [1.29, 1.82) is 0 Å². The summed E-state index contributed by atoms with van der Waals surface area (Å²) in [5, 5.41) is 11.5. The zero-order valence-electron chi connectivity index (χ0n) is 11.4. The fourth-order valence-corrected chi connectivity index (χ4v) is 1.94. The molecule has 0 aliphatic rings. The van der Waals surface area contributed by atoms with E-state index in [0.717, 1.165) is 0 Å². The van der Waals surface area contributed by atoms with E-state index in [1.807, 2.05) is 0 Å². The highest BCUT2D eigenvalue weighted by Crippen LogP contribution is 2.16. The second-order valence-corrected chi connectivity index (χ2v) is 4.97. The number of ketones is 1. The molecular formula is C16H12ClNO4. The summed E-state index contributed by atoms with van der Waals surface area (Å²) in [6, 6.07) is 12.7. The van der Waals surface area contributed by atoms with Crippen LogP contribution in [-0.4, -0.2) is 22.8 Å². The molecule has 0 aliphatic heterocycles. The van der Waals surface area contributed by atoms with Gasteiger partial charge in [0, 0.05) is 21.8 Å². The number of carboxylic acids is 1. The molecule has 5 nitrogen and oxygen atoms in total. The van der Waals surface area contributed by atoms with Gasteiger partial charge in [0.05, 0.1) is 0 Å². The maximum Gasteiger partial charge on any atom is 0.312 e. The molecule has 2 aromatic rings. The molecule has 2 aromatic carbocycles. The van der Waals surface area contributed by atoms with Crippen LogP contribution in [0.4, 0.5) is 5.69 Å². The first kappa shape index (κ1) is 15.7. The van der Waals surface area contributed by atoms with E-state index in [4.69, 9.17) is 16.7 Å². The lowest BCUT2D eigenvalue weighted by atomic mass is 10.0. The van der Waals surface area contributed by atoms with Crippen LogP contribution >= 0.6 is 11.6 Å². The van der Waals surface area contributed by atoms with Gasteiger partial charge in [0.1, 0.15) is 6.42 Å². The van der Waals surface area contributed by atoms with Gasteiger partial charge < -0.3 is 10.4 Å². The van der Waals surface area contributed by atoms with Crippen LogP contribution in [-0.2, 0) is 9.59 Å². The van der Waals surface area contributed by atoms with E-state index >= 15 is 0 Å². The van der Waals surface area contributed by atoms with Gasteiger partial charge in [-0.3, -0.25) is 14.4 Å². The SMILES string of the molecule is O=C(O)CC(=O)Nc1ccc(C(=O)c2ccc(Cl)cc2)cc1. The van der Waals surface area contributed by atoms with Crippen molar-refractivity contribution >= 4 is 34.9 Å². The molecule has 0 bridgehead atoms. The van der Waals surface area contributed by atoms with Gasteiger partial charge in [0.2, 0.25) is 5.91 Å². The molecule has 6 heteroatoms. The number of carbonyl (C=O) groups is 3. The Morgan fingerprint density at radius 3 is 1.91 bits per heavy atom. The molecule has 2 N–H and O–H groups in total. The Morgan fingerprint density at radius 1 is 0.909 bits per heavy atom. The molecule has 0 saturated carbocycles. The van der Waals surface area contributed by atoms with E-state index in [-0.39, 0.29) is 5.78 Å². The maximum absolute atomic E-state index is 12.2. The lowest BCUT2D eigenvalue weighted by molar-refractivity contribution is -0.139. The van der Waals surface area contributed by atoms with Crippen LogP contribution < -0.4 is 5.32 Å². The average Bonchev–Trinajstić information content (AvgIpc) is 2.47. The monoisotopic (exact) mass is 317 g/mol. The number of anilines is 1. The van der Waals surface area contributed by atoms with E-state index in [2.05, 4.69) is 5.32 Å². The molecule has 0 aliphatic carbocycles. The number of halogens is 1. The standard InChI is InChI=1S/C16H12ClNO4/c17-12-5-1-10(2-6-12)16(22)11-3-7-13(8-4-11)18-14(19)9-15(20)21/h1-8H,9H2,(H,18,19)(H,20,21). The van der Waals surface area contributed by atoms with Crippen molar-refractivity contribution in [3.63, 3.8) is 0 Å². The molecule has 0 spiro atoms. The van der Waals surface area contributed by atoms with Crippen molar-refractivity contribution in [3.05, 3.63) is 64.7 Å². The first-order valence-corrected chi connectivity index (χ1v) is 6.75. The number of amides is 1. The zero-order valence-corrected chi connectivity index (χ0v) is 12.1. The van der Waals surface area contributed by atoms with Crippen molar-refractivity contribution in [1.82, 2.24) is 0 Å². The van der Waals surface area contributed by atoms with Gasteiger partial charge in [-0.05, 0) is 48.5 Å². The smallest absolute Gasteiger partial charge is 0.312 e. The Balaban J connectivity index is 2.08. The van der Waals surface area contributed by atoms with Crippen molar-refractivity contribution in [2.75, 3.05) is 5.32 Å². The second-order valence-electron chi connectivity index (χ2n) is 4.53. The van der Waals surface area contributed by atoms with Crippen molar-refractivity contribution in [3.8, 4) is 0 Å². The Morgan fingerprint density at radius 2 is 1.41 bits per heavy atom. The van der Waals surface area contributed by atoms with Crippen molar-refractivity contribution in [2.45, 2.75) is 6.42 Å². The van der Waals surface area contributed by atoms with Gasteiger partial charge in [-0.15, -0.1) is 0 Å². The van der Waals surface area contributed by atoms with Crippen LogP contribution in [0.1, 0.15) is 22.3 Å². The number of aliphatic carboxylic acids is 1. The number of benzene rings is 2. The van der Waals surface area contributed by atoms with Crippen LogP contribution in [0, 0.1) is 0 Å². The first-order valence-electron chi connectivity index (χ1n) is 6.37. The number of carboxylic acid groups (broad SMARTS) is 1. The lowest BCUT2D eigenvalue weighted by Gasteiger charge is -2.05. The predicted molar refractivity (Wildman–Crippen MR) is 82.2 cm³/mol.